The number of nitrogens with one attached hydrogen (secondary N) is 3. The number of aromatic amines is 2. The lowest BCUT2D eigenvalue weighted by molar-refractivity contribution is 0.592. The Kier molecular flexibility index (Phi) is 5.56. The summed E-state index contributed by atoms with van der Waals surface area (Å²) in [6.45, 7) is 3.62. The second kappa shape index (κ2) is 7.00. The summed E-state index contributed by atoms with van der Waals surface area (Å²) in [4.78, 5) is 26.6. The average Bonchev–Trinajstić information content (AvgIpc) is 2.22. The van der Waals surface area contributed by atoms with Crippen LogP contribution in [0.2, 0.25) is 0 Å². The molecular weight excluding hydrogens is 206 g/mol. The third-order valence-corrected chi connectivity index (χ3v) is 2.34. The molecule has 0 saturated carbocycles. The zero-order chi connectivity index (χ0) is 11.8. The molecule has 0 aliphatic carbocycles. The van der Waals surface area contributed by atoms with E-state index in [4.69, 9.17) is 0 Å². The number of aromatic nitrogens is 2. The molecule has 0 radical (unpaired) electrons. The van der Waals surface area contributed by atoms with Crippen LogP contribution in [0.15, 0.2) is 15.7 Å². The molecule has 1 aromatic heterocycles. The summed E-state index contributed by atoms with van der Waals surface area (Å²) in [5.74, 6) is 0. The molecule has 0 unspecified atom stereocenters. The molecule has 0 spiro atoms. The van der Waals surface area contributed by atoms with Crippen molar-refractivity contribution in [3.05, 3.63) is 32.6 Å². The Morgan fingerprint density at radius 1 is 1.19 bits per heavy atom. The highest BCUT2D eigenvalue weighted by Gasteiger charge is 1.95. The number of H-pyrrole nitrogens is 2. The van der Waals surface area contributed by atoms with Crippen molar-refractivity contribution >= 4 is 0 Å². The van der Waals surface area contributed by atoms with Gasteiger partial charge in [0.1, 0.15) is 0 Å². The Hall–Kier alpha value is -1.36. The van der Waals surface area contributed by atoms with Gasteiger partial charge < -0.3 is 10.3 Å². The van der Waals surface area contributed by atoms with Gasteiger partial charge in [0.05, 0.1) is 0 Å². The van der Waals surface area contributed by atoms with Crippen molar-refractivity contribution in [2.75, 3.05) is 6.54 Å². The van der Waals surface area contributed by atoms with E-state index in [0.717, 1.165) is 13.0 Å². The van der Waals surface area contributed by atoms with E-state index in [1.807, 2.05) is 0 Å². The first kappa shape index (κ1) is 12.7. The summed E-state index contributed by atoms with van der Waals surface area (Å²) in [5.41, 5.74) is -0.175. The Morgan fingerprint density at radius 2 is 2.00 bits per heavy atom. The van der Waals surface area contributed by atoms with Gasteiger partial charge in [-0.1, -0.05) is 26.2 Å². The first-order valence-corrected chi connectivity index (χ1v) is 5.75. The van der Waals surface area contributed by atoms with E-state index in [0.29, 0.717) is 12.2 Å². The van der Waals surface area contributed by atoms with E-state index >= 15 is 0 Å². The van der Waals surface area contributed by atoms with Gasteiger partial charge in [0.15, 0.2) is 0 Å². The molecular formula is C11H19N3O2. The predicted molar refractivity (Wildman–Crippen MR) is 63.5 cm³/mol. The summed E-state index contributed by atoms with van der Waals surface area (Å²) >= 11 is 0. The van der Waals surface area contributed by atoms with Gasteiger partial charge in [-0.05, 0) is 13.0 Å². The van der Waals surface area contributed by atoms with E-state index in [1.54, 1.807) is 0 Å². The van der Waals surface area contributed by atoms with Gasteiger partial charge in [-0.25, -0.2) is 4.79 Å². The van der Waals surface area contributed by atoms with Gasteiger partial charge in [-0.15, -0.1) is 0 Å². The van der Waals surface area contributed by atoms with Crippen molar-refractivity contribution in [1.29, 1.82) is 0 Å². The standard InChI is InChI=1S/C11H19N3O2/c1-2-3-4-5-6-12-8-9-7-10(15)14-11(16)13-9/h7,12H,2-6,8H2,1H3,(H2,13,14,15,16). The molecule has 5 heteroatoms. The highest BCUT2D eigenvalue weighted by molar-refractivity contribution is 4.97. The summed E-state index contributed by atoms with van der Waals surface area (Å²) < 4.78 is 0. The molecule has 5 nitrogen and oxygen atoms in total. The highest BCUT2D eigenvalue weighted by Crippen LogP contribution is 1.97. The molecule has 0 amide bonds. The van der Waals surface area contributed by atoms with Crippen molar-refractivity contribution in [2.45, 2.75) is 39.2 Å². The molecule has 1 aromatic rings. The third-order valence-electron chi connectivity index (χ3n) is 2.34. The van der Waals surface area contributed by atoms with E-state index < -0.39 is 5.69 Å². The quantitative estimate of drug-likeness (QED) is 0.599. The fourth-order valence-electron chi connectivity index (χ4n) is 1.51. The van der Waals surface area contributed by atoms with E-state index in [-0.39, 0.29) is 5.56 Å². The Morgan fingerprint density at radius 3 is 2.69 bits per heavy atom. The van der Waals surface area contributed by atoms with Crippen LogP contribution in [-0.2, 0) is 6.54 Å². The fourth-order valence-corrected chi connectivity index (χ4v) is 1.51. The van der Waals surface area contributed by atoms with Crippen molar-refractivity contribution < 1.29 is 0 Å². The van der Waals surface area contributed by atoms with Gasteiger partial charge in [-0.3, -0.25) is 9.78 Å². The van der Waals surface area contributed by atoms with Crippen molar-refractivity contribution in [2.24, 2.45) is 0 Å². The summed E-state index contributed by atoms with van der Waals surface area (Å²) in [7, 11) is 0. The maximum atomic E-state index is 11.0. The van der Waals surface area contributed by atoms with Crippen LogP contribution < -0.4 is 16.6 Å². The fraction of sp³-hybridized carbons (Fsp3) is 0.636. The lowest BCUT2D eigenvalue weighted by Gasteiger charge is -2.03. The Labute approximate surface area is 94.3 Å². The molecule has 0 fully saturated rings. The molecule has 16 heavy (non-hydrogen) atoms. The maximum Gasteiger partial charge on any atom is 0.325 e. The Balaban J connectivity index is 2.27. The van der Waals surface area contributed by atoms with Crippen molar-refractivity contribution in [3.8, 4) is 0 Å². The largest absolute Gasteiger partial charge is 0.325 e. The first-order valence-electron chi connectivity index (χ1n) is 5.75. The van der Waals surface area contributed by atoms with Crippen LogP contribution in [0.4, 0.5) is 0 Å². The highest BCUT2D eigenvalue weighted by atomic mass is 16.2. The minimum atomic E-state index is -0.449. The summed E-state index contributed by atoms with van der Waals surface area (Å²) in [6, 6.07) is 1.40. The number of hydrogen-bond acceptors (Lipinski definition) is 3. The number of hydrogen-bond donors (Lipinski definition) is 3. The van der Waals surface area contributed by atoms with Gasteiger partial charge in [0, 0.05) is 18.3 Å². The SMILES string of the molecule is CCCCCCNCc1cc(=O)[nH]c(=O)[nH]1. The second-order valence-corrected chi connectivity index (χ2v) is 3.85. The van der Waals surface area contributed by atoms with Crippen LogP contribution in [0.25, 0.3) is 0 Å². The normalized spacial score (nSPS) is 10.6. The van der Waals surface area contributed by atoms with E-state index in [9.17, 15) is 9.59 Å². The molecule has 1 rings (SSSR count). The molecule has 0 atom stereocenters. The molecule has 0 saturated heterocycles. The van der Waals surface area contributed by atoms with Crippen LogP contribution in [-0.4, -0.2) is 16.5 Å². The Bertz CT molecular complexity index is 380. The molecule has 0 aliphatic heterocycles. The lowest BCUT2D eigenvalue weighted by Crippen LogP contribution is -2.26. The first-order chi connectivity index (χ1) is 7.72. The van der Waals surface area contributed by atoms with Crippen molar-refractivity contribution in [3.63, 3.8) is 0 Å². The van der Waals surface area contributed by atoms with Crippen LogP contribution >= 0.6 is 0 Å². The van der Waals surface area contributed by atoms with Crippen LogP contribution in [0.1, 0.15) is 38.3 Å². The zero-order valence-corrected chi connectivity index (χ0v) is 9.64. The van der Waals surface area contributed by atoms with Gasteiger partial charge in [0.2, 0.25) is 0 Å². The number of unbranched alkanes of at least 4 members (excludes halogenated alkanes) is 3. The second-order valence-electron chi connectivity index (χ2n) is 3.85. The van der Waals surface area contributed by atoms with Gasteiger partial charge in [-0.2, -0.15) is 0 Å². The van der Waals surface area contributed by atoms with E-state index in [2.05, 4.69) is 22.2 Å². The average molecular weight is 225 g/mol. The topological polar surface area (TPSA) is 77.8 Å². The van der Waals surface area contributed by atoms with E-state index in [1.165, 1.54) is 25.3 Å². The van der Waals surface area contributed by atoms with Gasteiger partial charge >= 0.3 is 5.69 Å². The summed E-state index contributed by atoms with van der Waals surface area (Å²) in [6.07, 6.45) is 4.82. The molecule has 0 aromatic carbocycles. The monoisotopic (exact) mass is 225 g/mol. The minimum Gasteiger partial charge on any atom is -0.311 e. The van der Waals surface area contributed by atoms with Gasteiger partial charge in [0.25, 0.3) is 5.56 Å². The minimum absolute atomic E-state index is 0.355. The molecule has 1 heterocycles. The predicted octanol–water partition coefficient (Wildman–Crippen LogP) is 0.733. The molecule has 3 N–H and O–H groups in total. The molecule has 0 bridgehead atoms. The third kappa shape index (κ3) is 4.93. The molecule has 90 valence electrons. The maximum absolute atomic E-state index is 11.0. The summed E-state index contributed by atoms with van der Waals surface area (Å²) in [5, 5.41) is 3.19. The lowest BCUT2D eigenvalue weighted by atomic mass is 10.2. The van der Waals surface area contributed by atoms with Crippen LogP contribution in [0.5, 0.6) is 0 Å². The van der Waals surface area contributed by atoms with Crippen LogP contribution in [0.3, 0.4) is 0 Å². The van der Waals surface area contributed by atoms with Crippen LogP contribution in [0, 0.1) is 0 Å². The smallest absolute Gasteiger partial charge is 0.311 e. The number of rotatable bonds is 7. The molecule has 0 aliphatic rings. The van der Waals surface area contributed by atoms with Crippen molar-refractivity contribution in [1.82, 2.24) is 15.3 Å². The zero-order valence-electron chi connectivity index (χ0n) is 9.64.